The van der Waals surface area contributed by atoms with Crippen LogP contribution in [0.5, 0.6) is 5.75 Å². The molecule has 3 aromatic rings. The van der Waals surface area contributed by atoms with Gasteiger partial charge in [0, 0.05) is 25.2 Å². The van der Waals surface area contributed by atoms with Crippen molar-refractivity contribution in [2.75, 3.05) is 11.9 Å². The number of aryl methyl sites for hydroxylation is 1. The third-order valence-corrected chi connectivity index (χ3v) is 5.79. The SMILES string of the molecule is Cc1ccc(NC(=O)COc2ccc(Br)cc2/C=C(\C#N)c2ccc(Br)cc2)cc1Cl. The Kier molecular flexibility index (Phi) is 7.91. The van der Waals surface area contributed by atoms with Gasteiger partial charge in [-0.25, -0.2) is 0 Å². The summed E-state index contributed by atoms with van der Waals surface area (Å²) in [6.45, 7) is 1.71. The number of anilines is 1. The van der Waals surface area contributed by atoms with E-state index in [0.717, 1.165) is 20.1 Å². The molecule has 31 heavy (non-hydrogen) atoms. The average molecular weight is 561 g/mol. The number of carbonyl (C=O) groups is 1. The lowest BCUT2D eigenvalue weighted by Gasteiger charge is -2.11. The maximum absolute atomic E-state index is 12.3. The fraction of sp³-hybridized carbons (Fsp3) is 0.0833. The summed E-state index contributed by atoms with van der Waals surface area (Å²) in [5.74, 6) is 0.177. The van der Waals surface area contributed by atoms with Crippen molar-refractivity contribution in [3.8, 4) is 11.8 Å². The highest BCUT2D eigenvalue weighted by atomic mass is 79.9. The molecule has 0 aliphatic rings. The molecule has 0 aliphatic heterocycles. The van der Waals surface area contributed by atoms with Crippen molar-refractivity contribution in [1.29, 1.82) is 5.26 Å². The number of carbonyl (C=O) groups excluding carboxylic acids is 1. The first-order valence-electron chi connectivity index (χ1n) is 9.22. The molecule has 0 aliphatic carbocycles. The van der Waals surface area contributed by atoms with Gasteiger partial charge in [-0.05, 0) is 66.6 Å². The normalized spacial score (nSPS) is 11.0. The van der Waals surface area contributed by atoms with Crippen molar-refractivity contribution in [3.63, 3.8) is 0 Å². The van der Waals surface area contributed by atoms with Crippen LogP contribution in [0.3, 0.4) is 0 Å². The average Bonchev–Trinajstić information content (AvgIpc) is 2.74. The zero-order valence-electron chi connectivity index (χ0n) is 16.5. The second-order valence-electron chi connectivity index (χ2n) is 6.66. The molecule has 0 bridgehead atoms. The molecule has 0 heterocycles. The molecule has 1 amide bonds. The minimum atomic E-state index is -0.314. The maximum atomic E-state index is 12.3. The van der Waals surface area contributed by atoms with Crippen molar-refractivity contribution in [2.45, 2.75) is 6.92 Å². The van der Waals surface area contributed by atoms with Crippen LogP contribution in [0.4, 0.5) is 5.69 Å². The largest absolute Gasteiger partial charge is 0.483 e. The van der Waals surface area contributed by atoms with E-state index >= 15 is 0 Å². The molecule has 7 heteroatoms. The van der Waals surface area contributed by atoms with Crippen LogP contribution in [-0.2, 0) is 4.79 Å². The lowest BCUT2D eigenvalue weighted by atomic mass is 10.0. The Labute approximate surface area is 202 Å². The molecule has 0 fully saturated rings. The number of nitrogens with zero attached hydrogens (tertiary/aromatic N) is 1. The maximum Gasteiger partial charge on any atom is 0.262 e. The van der Waals surface area contributed by atoms with Gasteiger partial charge in [0.05, 0.1) is 11.6 Å². The van der Waals surface area contributed by atoms with Gasteiger partial charge >= 0.3 is 0 Å². The molecular weight excluding hydrogens is 544 g/mol. The van der Waals surface area contributed by atoms with Crippen LogP contribution in [0.15, 0.2) is 69.6 Å². The zero-order valence-corrected chi connectivity index (χ0v) is 20.4. The molecule has 4 nitrogen and oxygen atoms in total. The first kappa shape index (κ1) is 23.1. The van der Waals surface area contributed by atoms with Crippen molar-refractivity contribution < 1.29 is 9.53 Å². The van der Waals surface area contributed by atoms with Crippen molar-refractivity contribution in [2.24, 2.45) is 0 Å². The molecule has 3 aromatic carbocycles. The summed E-state index contributed by atoms with van der Waals surface area (Å²) in [6, 6.07) is 20.4. The van der Waals surface area contributed by atoms with Crippen molar-refractivity contribution in [3.05, 3.63) is 91.3 Å². The quantitative estimate of drug-likeness (QED) is 0.255. The van der Waals surface area contributed by atoms with Crippen LogP contribution >= 0.6 is 43.5 Å². The van der Waals surface area contributed by atoms with E-state index < -0.39 is 0 Å². The minimum absolute atomic E-state index is 0.186. The number of hydrogen-bond donors (Lipinski definition) is 1. The fourth-order valence-electron chi connectivity index (χ4n) is 2.74. The van der Waals surface area contributed by atoms with Gasteiger partial charge in [-0.2, -0.15) is 5.26 Å². The number of amides is 1. The van der Waals surface area contributed by atoms with E-state index in [0.29, 0.717) is 27.6 Å². The minimum Gasteiger partial charge on any atom is -0.483 e. The Morgan fingerprint density at radius 2 is 1.81 bits per heavy atom. The molecule has 3 rings (SSSR count). The molecule has 156 valence electrons. The van der Waals surface area contributed by atoms with Gasteiger partial charge in [0.1, 0.15) is 5.75 Å². The monoisotopic (exact) mass is 558 g/mol. The van der Waals surface area contributed by atoms with Gasteiger partial charge < -0.3 is 10.1 Å². The van der Waals surface area contributed by atoms with E-state index in [1.807, 2.05) is 49.4 Å². The summed E-state index contributed by atoms with van der Waals surface area (Å²) < 4.78 is 7.52. The number of allylic oxidation sites excluding steroid dienone is 1. The summed E-state index contributed by atoms with van der Waals surface area (Å²) in [5, 5.41) is 13.0. The molecule has 0 spiro atoms. The smallest absolute Gasteiger partial charge is 0.262 e. The van der Waals surface area contributed by atoms with E-state index in [1.165, 1.54) is 0 Å². The first-order chi connectivity index (χ1) is 14.9. The standard InChI is InChI=1S/C24H17Br2ClN2O2/c1-15-2-8-21(12-22(15)27)29-24(30)14-31-23-9-7-20(26)11-17(23)10-18(13-28)16-3-5-19(25)6-4-16/h2-12H,14H2,1H3,(H,29,30)/b18-10+. The highest BCUT2D eigenvalue weighted by Crippen LogP contribution is 2.28. The third-order valence-electron chi connectivity index (χ3n) is 4.36. The Bertz CT molecular complexity index is 1190. The summed E-state index contributed by atoms with van der Waals surface area (Å²) >= 11 is 12.9. The molecule has 1 N–H and O–H groups in total. The summed E-state index contributed by atoms with van der Waals surface area (Å²) in [4.78, 5) is 12.3. The van der Waals surface area contributed by atoms with Gasteiger partial charge in [-0.1, -0.05) is 61.7 Å². The zero-order chi connectivity index (χ0) is 22.4. The van der Waals surface area contributed by atoms with Crippen LogP contribution in [0.2, 0.25) is 5.02 Å². The molecule has 0 radical (unpaired) electrons. The topological polar surface area (TPSA) is 62.1 Å². The summed E-state index contributed by atoms with van der Waals surface area (Å²) in [5.41, 5.74) is 3.48. The summed E-state index contributed by atoms with van der Waals surface area (Å²) in [7, 11) is 0. The van der Waals surface area contributed by atoms with E-state index in [4.69, 9.17) is 16.3 Å². The molecule has 0 unspecified atom stereocenters. The number of rotatable bonds is 6. The second-order valence-corrected chi connectivity index (χ2v) is 8.90. The molecule has 0 saturated heterocycles. The van der Waals surface area contributed by atoms with Gasteiger partial charge in [-0.3, -0.25) is 4.79 Å². The van der Waals surface area contributed by atoms with Gasteiger partial charge in [0.15, 0.2) is 6.61 Å². The van der Waals surface area contributed by atoms with Crippen LogP contribution in [0.1, 0.15) is 16.7 Å². The lowest BCUT2D eigenvalue weighted by molar-refractivity contribution is -0.118. The second kappa shape index (κ2) is 10.6. The van der Waals surface area contributed by atoms with Crippen LogP contribution < -0.4 is 10.1 Å². The highest BCUT2D eigenvalue weighted by Gasteiger charge is 2.10. The molecular formula is C24H17Br2ClN2O2. The van der Waals surface area contributed by atoms with Crippen LogP contribution in [-0.4, -0.2) is 12.5 Å². The number of nitriles is 1. The third kappa shape index (κ3) is 6.44. The van der Waals surface area contributed by atoms with Crippen molar-refractivity contribution in [1.82, 2.24) is 0 Å². The Morgan fingerprint density at radius 1 is 1.10 bits per heavy atom. The Morgan fingerprint density at radius 3 is 2.48 bits per heavy atom. The van der Waals surface area contributed by atoms with Crippen LogP contribution in [0.25, 0.3) is 11.6 Å². The molecule has 0 aromatic heterocycles. The number of halogens is 3. The van der Waals surface area contributed by atoms with Gasteiger partial charge in [0.2, 0.25) is 0 Å². The first-order valence-corrected chi connectivity index (χ1v) is 11.2. The Balaban J connectivity index is 1.78. The van der Waals surface area contributed by atoms with Crippen LogP contribution in [0, 0.1) is 18.3 Å². The predicted molar refractivity (Wildman–Crippen MR) is 132 cm³/mol. The van der Waals surface area contributed by atoms with E-state index in [9.17, 15) is 10.1 Å². The predicted octanol–water partition coefficient (Wildman–Crippen LogP) is 7.26. The molecule has 0 saturated carbocycles. The number of nitrogens with one attached hydrogen (secondary N) is 1. The lowest BCUT2D eigenvalue weighted by Crippen LogP contribution is -2.20. The van der Waals surface area contributed by atoms with E-state index in [-0.39, 0.29) is 12.5 Å². The number of ether oxygens (including phenoxy) is 1. The van der Waals surface area contributed by atoms with Gasteiger partial charge in [-0.15, -0.1) is 0 Å². The highest BCUT2D eigenvalue weighted by molar-refractivity contribution is 9.10. The molecule has 0 atom stereocenters. The van der Waals surface area contributed by atoms with Crippen molar-refractivity contribution >= 4 is 66.7 Å². The summed E-state index contributed by atoms with van der Waals surface area (Å²) in [6.07, 6.45) is 1.74. The number of hydrogen-bond acceptors (Lipinski definition) is 3. The van der Waals surface area contributed by atoms with E-state index in [1.54, 1.807) is 24.3 Å². The van der Waals surface area contributed by atoms with E-state index in [2.05, 4.69) is 43.2 Å². The van der Waals surface area contributed by atoms with Gasteiger partial charge in [0.25, 0.3) is 5.91 Å². The number of benzene rings is 3. The Hall–Kier alpha value is -2.59. The fourth-order valence-corrected chi connectivity index (χ4v) is 3.56.